The predicted octanol–water partition coefficient (Wildman–Crippen LogP) is 3.09. The maximum Gasteiger partial charge on any atom is 0.121 e. The lowest BCUT2D eigenvalue weighted by Crippen LogP contribution is -2.10. The summed E-state index contributed by atoms with van der Waals surface area (Å²) in [6.07, 6.45) is 7.29. The van der Waals surface area contributed by atoms with Crippen LogP contribution in [-0.2, 0) is 0 Å². The van der Waals surface area contributed by atoms with Crippen LogP contribution in [0.25, 0.3) is 0 Å². The van der Waals surface area contributed by atoms with Gasteiger partial charge in [0.2, 0.25) is 0 Å². The van der Waals surface area contributed by atoms with Crippen molar-refractivity contribution >= 4 is 0 Å². The summed E-state index contributed by atoms with van der Waals surface area (Å²) in [6, 6.07) is 0. The largest absolute Gasteiger partial charge is 0.243 e. The first-order valence-electron chi connectivity index (χ1n) is 4.15. The van der Waals surface area contributed by atoms with E-state index in [2.05, 4.69) is 6.92 Å². The summed E-state index contributed by atoms with van der Waals surface area (Å²) < 4.78 is 13.0. The quantitative estimate of drug-likeness (QED) is 0.493. The van der Waals surface area contributed by atoms with Crippen molar-refractivity contribution in [3.63, 3.8) is 0 Å². The van der Waals surface area contributed by atoms with Gasteiger partial charge in [-0.05, 0) is 25.2 Å². The topological polar surface area (TPSA) is 0 Å². The van der Waals surface area contributed by atoms with Crippen molar-refractivity contribution in [2.24, 2.45) is 5.92 Å². The monoisotopic (exact) mass is 142 g/mol. The van der Waals surface area contributed by atoms with Gasteiger partial charge in [-0.25, -0.2) is 4.39 Å². The van der Waals surface area contributed by atoms with Gasteiger partial charge in [-0.15, -0.1) is 0 Å². The Bertz CT molecular complexity index is 118. The zero-order chi connectivity index (χ0) is 7.40. The molecule has 58 valence electrons. The highest BCUT2D eigenvalue weighted by Crippen LogP contribution is 2.23. The Labute approximate surface area is 62.1 Å². The molecule has 1 rings (SSSR count). The van der Waals surface area contributed by atoms with E-state index in [9.17, 15) is 4.39 Å². The first-order chi connectivity index (χ1) is 4.84. The molecule has 1 aliphatic rings. The second kappa shape index (κ2) is 3.75. The van der Waals surface area contributed by atoms with Gasteiger partial charge in [-0.3, -0.25) is 0 Å². The SMILES string of the molecule is CCC1CCCC=CC1F. The molecule has 1 heteroatoms. The number of hydrogen-bond donors (Lipinski definition) is 0. The lowest BCUT2D eigenvalue weighted by Gasteiger charge is -2.13. The van der Waals surface area contributed by atoms with Crippen molar-refractivity contribution in [3.8, 4) is 0 Å². The summed E-state index contributed by atoms with van der Waals surface area (Å²) in [4.78, 5) is 0. The summed E-state index contributed by atoms with van der Waals surface area (Å²) in [5.41, 5.74) is 0. The van der Waals surface area contributed by atoms with Crippen LogP contribution in [0.4, 0.5) is 4.39 Å². The van der Waals surface area contributed by atoms with Gasteiger partial charge in [0.1, 0.15) is 6.17 Å². The molecule has 0 heterocycles. The third-order valence-electron chi connectivity index (χ3n) is 2.24. The smallest absolute Gasteiger partial charge is 0.121 e. The second-order valence-electron chi connectivity index (χ2n) is 2.97. The van der Waals surface area contributed by atoms with Crippen LogP contribution in [0.15, 0.2) is 12.2 Å². The van der Waals surface area contributed by atoms with E-state index >= 15 is 0 Å². The fraction of sp³-hybridized carbons (Fsp3) is 0.778. The maximum atomic E-state index is 13.0. The van der Waals surface area contributed by atoms with E-state index < -0.39 is 6.17 Å². The van der Waals surface area contributed by atoms with E-state index in [0.29, 0.717) is 5.92 Å². The van der Waals surface area contributed by atoms with Gasteiger partial charge in [-0.1, -0.05) is 25.5 Å². The van der Waals surface area contributed by atoms with Gasteiger partial charge in [0.15, 0.2) is 0 Å². The molecule has 0 bridgehead atoms. The molecule has 0 spiro atoms. The fourth-order valence-electron chi connectivity index (χ4n) is 1.47. The van der Waals surface area contributed by atoms with E-state index in [1.165, 1.54) is 0 Å². The molecule has 0 saturated heterocycles. The number of hydrogen-bond acceptors (Lipinski definition) is 0. The summed E-state index contributed by atoms with van der Waals surface area (Å²) in [5.74, 6) is 0.291. The Morgan fingerprint density at radius 2 is 2.40 bits per heavy atom. The van der Waals surface area contributed by atoms with Crippen LogP contribution in [0.2, 0.25) is 0 Å². The van der Waals surface area contributed by atoms with Gasteiger partial charge in [0.05, 0.1) is 0 Å². The third kappa shape index (κ3) is 1.83. The number of allylic oxidation sites excluding steroid dienone is 2. The lowest BCUT2D eigenvalue weighted by molar-refractivity contribution is 0.262. The van der Waals surface area contributed by atoms with Gasteiger partial charge >= 0.3 is 0 Å². The van der Waals surface area contributed by atoms with E-state index in [4.69, 9.17) is 0 Å². The van der Waals surface area contributed by atoms with Crippen LogP contribution in [0, 0.1) is 5.92 Å². The zero-order valence-electron chi connectivity index (χ0n) is 6.52. The van der Waals surface area contributed by atoms with Crippen LogP contribution in [0.5, 0.6) is 0 Å². The molecule has 2 atom stereocenters. The van der Waals surface area contributed by atoms with E-state index in [0.717, 1.165) is 25.7 Å². The third-order valence-corrected chi connectivity index (χ3v) is 2.24. The molecule has 0 N–H and O–H groups in total. The first-order valence-corrected chi connectivity index (χ1v) is 4.15. The van der Waals surface area contributed by atoms with Crippen LogP contribution in [0.1, 0.15) is 32.6 Å². The highest BCUT2D eigenvalue weighted by molar-refractivity contribution is 4.94. The second-order valence-corrected chi connectivity index (χ2v) is 2.97. The Kier molecular flexibility index (Phi) is 2.91. The molecule has 0 aromatic rings. The lowest BCUT2D eigenvalue weighted by atomic mass is 9.97. The number of alkyl halides is 1. The Morgan fingerprint density at radius 1 is 1.60 bits per heavy atom. The van der Waals surface area contributed by atoms with Gasteiger partial charge < -0.3 is 0 Å². The highest BCUT2D eigenvalue weighted by atomic mass is 19.1. The predicted molar refractivity (Wildman–Crippen MR) is 41.7 cm³/mol. The van der Waals surface area contributed by atoms with E-state index in [1.54, 1.807) is 6.08 Å². The highest BCUT2D eigenvalue weighted by Gasteiger charge is 2.17. The molecule has 0 amide bonds. The minimum absolute atomic E-state index is 0.291. The normalized spacial score (nSPS) is 33.8. The zero-order valence-corrected chi connectivity index (χ0v) is 6.52. The van der Waals surface area contributed by atoms with Gasteiger partial charge in [-0.2, -0.15) is 0 Å². The van der Waals surface area contributed by atoms with Crippen molar-refractivity contribution < 1.29 is 4.39 Å². The molecule has 0 aliphatic heterocycles. The minimum Gasteiger partial charge on any atom is -0.243 e. The van der Waals surface area contributed by atoms with Crippen molar-refractivity contribution in [3.05, 3.63) is 12.2 Å². The summed E-state index contributed by atoms with van der Waals surface area (Å²) in [7, 11) is 0. The van der Waals surface area contributed by atoms with Crippen LogP contribution < -0.4 is 0 Å². The molecular formula is C9H15F. The van der Waals surface area contributed by atoms with E-state index in [-0.39, 0.29) is 0 Å². The first kappa shape index (κ1) is 7.77. The molecule has 0 aromatic heterocycles. The van der Waals surface area contributed by atoms with Crippen LogP contribution >= 0.6 is 0 Å². The van der Waals surface area contributed by atoms with Crippen LogP contribution in [-0.4, -0.2) is 6.17 Å². The van der Waals surface area contributed by atoms with Crippen LogP contribution in [0.3, 0.4) is 0 Å². The molecule has 0 aromatic carbocycles. The molecule has 2 unspecified atom stereocenters. The molecule has 0 fully saturated rings. The average molecular weight is 142 g/mol. The summed E-state index contributed by atoms with van der Waals surface area (Å²) in [6.45, 7) is 2.07. The standard InChI is InChI=1S/C9H15F/c1-2-8-6-4-3-5-7-9(8)10/h5,7-9H,2-4,6H2,1H3. The Hall–Kier alpha value is -0.330. The van der Waals surface area contributed by atoms with Crippen molar-refractivity contribution in [2.75, 3.05) is 0 Å². The minimum atomic E-state index is -0.674. The molecule has 10 heavy (non-hydrogen) atoms. The number of halogens is 1. The van der Waals surface area contributed by atoms with Crippen molar-refractivity contribution in [1.82, 2.24) is 0 Å². The average Bonchev–Trinajstić information content (AvgIpc) is 2.13. The summed E-state index contributed by atoms with van der Waals surface area (Å²) in [5, 5.41) is 0. The van der Waals surface area contributed by atoms with Gasteiger partial charge in [0, 0.05) is 0 Å². The maximum absolute atomic E-state index is 13.0. The number of rotatable bonds is 1. The molecular weight excluding hydrogens is 127 g/mol. The molecule has 0 nitrogen and oxygen atoms in total. The van der Waals surface area contributed by atoms with Crippen molar-refractivity contribution in [1.29, 1.82) is 0 Å². The fourth-order valence-corrected chi connectivity index (χ4v) is 1.47. The van der Waals surface area contributed by atoms with E-state index in [1.807, 2.05) is 6.08 Å². The molecule has 1 aliphatic carbocycles. The molecule has 0 saturated carbocycles. The molecule has 0 radical (unpaired) electrons. The summed E-state index contributed by atoms with van der Waals surface area (Å²) >= 11 is 0. The Morgan fingerprint density at radius 3 is 3.10 bits per heavy atom. The van der Waals surface area contributed by atoms with Crippen molar-refractivity contribution in [2.45, 2.75) is 38.8 Å². The van der Waals surface area contributed by atoms with Gasteiger partial charge in [0.25, 0.3) is 0 Å². The Balaban J connectivity index is 2.47.